The quantitative estimate of drug-likeness (QED) is 0.232. The van der Waals surface area contributed by atoms with Crippen molar-refractivity contribution >= 4 is 40.9 Å². The SMILES string of the molecule is COc1ccc(-c2nn(Cc3ccccc3)cc2C=C(C#N)C(=O)Nc2cc(Cl)ccc2Cl)cc1. The maximum atomic E-state index is 12.9. The van der Waals surface area contributed by atoms with Gasteiger partial charge in [0.15, 0.2) is 0 Å². The van der Waals surface area contributed by atoms with Crippen molar-refractivity contribution in [2.45, 2.75) is 6.54 Å². The molecule has 0 aliphatic heterocycles. The molecule has 1 amide bonds. The van der Waals surface area contributed by atoms with E-state index in [1.807, 2.05) is 66.9 Å². The normalized spacial score (nSPS) is 11.1. The van der Waals surface area contributed by atoms with Crippen LogP contribution < -0.4 is 10.1 Å². The molecule has 0 saturated heterocycles. The topological polar surface area (TPSA) is 79.9 Å². The lowest BCUT2D eigenvalue weighted by Gasteiger charge is -2.07. The second kappa shape index (κ2) is 10.9. The van der Waals surface area contributed by atoms with Crippen LogP contribution in [0.1, 0.15) is 11.1 Å². The van der Waals surface area contributed by atoms with E-state index in [2.05, 4.69) is 5.32 Å². The second-order valence-electron chi connectivity index (χ2n) is 7.59. The van der Waals surface area contributed by atoms with Crippen LogP contribution >= 0.6 is 23.2 Å². The standard InChI is InChI=1S/C27H20Cl2N4O2/c1-35-23-10-7-19(8-11-23)26-21(17-33(32-26)16-18-5-3-2-4-6-18)13-20(15-30)27(34)31-25-14-22(28)9-12-24(25)29/h2-14,17H,16H2,1H3,(H,31,34). The van der Waals surface area contributed by atoms with Gasteiger partial charge in [0.2, 0.25) is 0 Å². The van der Waals surface area contributed by atoms with Crippen molar-refractivity contribution in [3.8, 4) is 23.1 Å². The van der Waals surface area contributed by atoms with Gasteiger partial charge in [-0.1, -0.05) is 53.5 Å². The molecule has 1 N–H and O–H groups in total. The van der Waals surface area contributed by atoms with Crippen molar-refractivity contribution in [1.82, 2.24) is 9.78 Å². The van der Waals surface area contributed by atoms with E-state index < -0.39 is 5.91 Å². The van der Waals surface area contributed by atoms with E-state index in [-0.39, 0.29) is 5.57 Å². The Morgan fingerprint density at radius 1 is 1.11 bits per heavy atom. The van der Waals surface area contributed by atoms with Gasteiger partial charge in [0.05, 0.1) is 30.1 Å². The predicted molar refractivity (Wildman–Crippen MR) is 138 cm³/mol. The first kappa shape index (κ1) is 24.1. The Balaban J connectivity index is 1.71. The Hall–Kier alpha value is -4.05. The first-order valence-electron chi connectivity index (χ1n) is 10.6. The van der Waals surface area contributed by atoms with Crippen molar-refractivity contribution in [2.75, 3.05) is 12.4 Å². The number of nitriles is 1. The van der Waals surface area contributed by atoms with Gasteiger partial charge in [0, 0.05) is 22.3 Å². The van der Waals surface area contributed by atoms with Crippen molar-refractivity contribution in [3.05, 3.63) is 106 Å². The molecular weight excluding hydrogens is 483 g/mol. The Kier molecular flexibility index (Phi) is 7.51. The number of benzene rings is 3. The van der Waals surface area contributed by atoms with Gasteiger partial charge >= 0.3 is 0 Å². The molecule has 0 fully saturated rings. The highest BCUT2D eigenvalue weighted by atomic mass is 35.5. The van der Waals surface area contributed by atoms with Gasteiger partial charge in [-0.05, 0) is 54.1 Å². The number of rotatable bonds is 7. The zero-order valence-electron chi connectivity index (χ0n) is 18.7. The lowest BCUT2D eigenvalue weighted by atomic mass is 10.1. The number of hydrogen-bond acceptors (Lipinski definition) is 4. The van der Waals surface area contributed by atoms with E-state index in [4.69, 9.17) is 33.0 Å². The number of halogens is 2. The Bertz CT molecular complexity index is 1420. The first-order chi connectivity index (χ1) is 17.0. The molecule has 3 aromatic carbocycles. The molecular formula is C27H20Cl2N4O2. The molecule has 0 aliphatic rings. The van der Waals surface area contributed by atoms with Crippen LogP contribution in [0.15, 0.2) is 84.6 Å². The third-order valence-corrected chi connectivity index (χ3v) is 5.75. The van der Waals surface area contributed by atoms with E-state index in [9.17, 15) is 10.1 Å². The molecule has 4 aromatic rings. The fourth-order valence-electron chi connectivity index (χ4n) is 3.45. The minimum atomic E-state index is -0.604. The number of anilines is 1. The Labute approximate surface area is 213 Å². The first-order valence-corrected chi connectivity index (χ1v) is 11.4. The summed E-state index contributed by atoms with van der Waals surface area (Å²) in [6.07, 6.45) is 3.32. The predicted octanol–water partition coefficient (Wildman–Crippen LogP) is 6.46. The molecule has 0 unspecified atom stereocenters. The molecule has 6 nitrogen and oxygen atoms in total. The highest BCUT2D eigenvalue weighted by molar-refractivity contribution is 6.36. The zero-order chi connectivity index (χ0) is 24.8. The van der Waals surface area contributed by atoms with E-state index in [1.54, 1.807) is 23.9 Å². The van der Waals surface area contributed by atoms with Gasteiger partial charge in [-0.25, -0.2) is 0 Å². The Morgan fingerprint density at radius 2 is 1.86 bits per heavy atom. The number of aromatic nitrogens is 2. The summed E-state index contributed by atoms with van der Waals surface area (Å²) in [5.41, 5.74) is 3.36. The lowest BCUT2D eigenvalue weighted by Crippen LogP contribution is -2.13. The van der Waals surface area contributed by atoms with Crippen LogP contribution in [0.25, 0.3) is 17.3 Å². The number of ether oxygens (including phenoxy) is 1. The van der Waals surface area contributed by atoms with Crippen LogP contribution in [0.5, 0.6) is 5.75 Å². The smallest absolute Gasteiger partial charge is 0.266 e. The van der Waals surface area contributed by atoms with Crippen LogP contribution in [-0.4, -0.2) is 22.8 Å². The summed E-state index contributed by atoms with van der Waals surface area (Å²) in [4.78, 5) is 12.9. The zero-order valence-corrected chi connectivity index (χ0v) is 20.2. The molecule has 0 bridgehead atoms. The summed E-state index contributed by atoms with van der Waals surface area (Å²) >= 11 is 12.2. The van der Waals surface area contributed by atoms with Gasteiger partial charge < -0.3 is 10.1 Å². The highest BCUT2D eigenvalue weighted by Crippen LogP contribution is 2.28. The average Bonchev–Trinajstić information content (AvgIpc) is 3.27. The molecule has 0 spiro atoms. The number of methoxy groups -OCH3 is 1. The van der Waals surface area contributed by atoms with Gasteiger partial charge in [-0.15, -0.1) is 0 Å². The van der Waals surface area contributed by atoms with Crippen LogP contribution in [0.3, 0.4) is 0 Å². The van der Waals surface area contributed by atoms with Crippen molar-refractivity contribution < 1.29 is 9.53 Å². The average molecular weight is 503 g/mol. The summed E-state index contributed by atoms with van der Waals surface area (Å²) in [7, 11) is 1.60. The number of carbonyl (C=O) groups excluding carboxylic acids is 1. The maximum absolute atomic E-state index is 12.9. The summed E-state index contributed by atoms with van der Waals surface area (Å²) in [5, 5.41) is 17.9. The summed E-state index contributed by atoms with van der Waals surface area (Å²) in [5.74, 6) is 0.109. The second-order valence-corrected chi connectivity index (χ2v) is 8.44. The van der Waals surface area contributed by atoms with Gasteiger partial charge in [0.25, 0.3) is 5.91 Å². The van der Waals surface area contributed by atoms with Crippen LogP contribution in [0.2, 0.25) is 10.0 Å². The summed E-state index contributed by atoms with van der Waals surface area (Å²) in [6.45, 7) is 0.532. The number of nitrogens with one attached hydrogen (secondary N) is 1. The maximum Gasteiger partial charge on any atom is 0.266 e. The van der Waals surface area contributed by atoms with Crippen LogP contribution in [-0.2, 0) is 11.3 Å². The van der Waals surface area contributed by atoms with Crippen LogP contribution in [0, 0.1) is 11.3 Å². The number of amides is 1. The van der Waals surface area contributed by atoms with E-state index in [0.717, 1.165) is 11.1 Å². The number of nitrogens with zero attached hydrogens (tertiary/aromatic N) is 3. The molecule has 174 valence electrons. The Morgan fingerprint density at radius 3 is 2.54 bits per heavy atom. The van der Waals surface area contributed by atoms with Crippen molar-refractivity contribution in [2.24, 2.45) is 0 Å². The van der Waals surface area contributed by atoms with Gasteiger partial charge in [-0.2, -0.15) is 10.4 Å². The molecule has 4 rings (SSSR count). The molecule has 0 atom stereocenters. The minimum Gasteiger partial charge on any atom is -0.497 e. The summed E-state index contributed by atoms with van der Waals surface area (Å²) < 4.78 is 7.03. The van der Waals surface area contributed by atoms with E-state index in [0.29, 0.717) is 39.3 Å². The largest absolute Gasteiger partial charge is 0.497 e. The van der Waals surface area contributed by atoms with Gasteiger partial charge in [-0.3, -0.25) is 9.48 Å². The monoisotopic (exact) mass is 502 g/mol. The minimum absolute atomic E-state index is 0.102. The lowest BCUT2D eigenvalue weighted by molar-refractivity contribution is -0.112. The molecule has 0 radical (unpaired) electrons. The van der Waals surface area contributed by atoms with Crippen molar-refractivity contribution in [3.63, 3.8) is 0 Å². The molecule has 0 saturated carbocycles. The molecule has 0 aliphatic carbocycles. The molecule has 35 heavy (non-hydrogen) atoms. The van der Waals surface area contributed by atoms with E-state index in [1.165, 1.54) is 12.1 Å². The van der Waals surface area contributed by atoms with E-state index >= 15 is 0 Å². The number of carbonyl (C=O) groups is 1. The van der Waals surface area contributed by atoms with Gasteiger partial charge in [0.1, 0.15) is 17.4 Å². The third kappa shape index (κ3) is 5.90. The summed E-state index contributed by atoms with van der Waals surface area (Å²) in [6, 6.07) is 24.0. The third-order valence-electron chi connectivity index (χ3n) is 5.18. The fraction of sp³-hybridized carbons (Fsp3) is 0.0741. The highest BCUT2D eigenvalue weighted by Gasteiger charge is 2.16. The molecule has 8 heteroatoms. The fourth-order valence-corrected chi connectivity index (χ4v) is 3.79. The van der Waals surface area contributed by atoms with Crippen molar-refractivity contribution in [1.29, 1.82) is 5.26 Å². The van der Waals surface area contributed by atoms with Crippen LogP contribution in [0.4, 0.5) is 5.69 Å². The number of hydrogen-bond donors (Lipinski definition) is 1. The molecule has 1 heterocycles. The molecule has 1 aromatic heterocycles.